The number of hydrogen-bond acceptors (Lipinski definition) is 4. The second-order valence-electron chi connectivity index (χ2n) is 7.83. The summed E-state index contributed by atoms with van der Waals surface area (Å²) in [4.78, 5) is 30.2. The van der Waals surface area contributed by atoms with Crippen LogP contribution in [0.5, 0.6) is 0 Å². The van der Waals surface area contributed by atoms with Gasteiger partial charge in [0.05, 0.1) is 28.4 Å². The molecule has 3 aromatic rings. The summed E-state index contributed by atoms with van der Waals surface area (Å²) >= 11 is 0. The molecule has 0 bridgehead atoms. The first-order valence-electron chi connectivity index (χ1n) is 9.81. The van der Waals surface area contributed by atoms with Gasteiger partial charge in [0.1, 0.15) is 0 Å². The highest BCUT2D eigenvalue weighted by molar-refractivity contribution is 6.14. The Labute approximate surface area is 170 Å². The third-order valence-electron chi connectivity index (χ3n) is 4.52. The highest BCUT2D eigenvalue weighted by Crippen LogP contribution is 2.23. The Balaban J connectivity index is 1.93. The van der Waals surface area contributed by atoms with Crippen molar-refractivity contribution in [1.29, 1.82) is 0 Å². The summed E-state index contributed by atoms with van der Waals surface area (Å²) in [5.74, 6) is -0.169. The van der Waals surface area contributed by atoms with Gasteiger partial charge in [0.2, 0.25) is 0 Å². The van der Waals surface area contributed by atoms with E-state index in [1.54, 1.807) is 41.2 Å². The van der Waals surface area contributed by atoms with E-state index < -0.39 is 0 Å². The van der Waals surface area contributed by atoms with Crippen molar-refractivity contribution in [3.05, 3.63) is 53.3 Å². The highest BCUT2D eigenvalue weighted by atomic mass is 16.2. The Morgan fingerprint density at radius 3 is 2.48 bits per heavy atom. The third-order valence-corrected chi connectivity index (χ3v) is 4.52. The minimum Gasteiger partial charge on any atom is -0.352 e. The SMILES string of the molecule is Cc1cc(C(=O)Nc2ccccc2C(=O)NCC(C)C)c2cnn(C(C)C)c2n1. The number of amides is 2. The van der Waals surface area contributed by atoms with Crippen LogP contribution in [0.4, 0.5) is 5.69 Å². The number of rotatable bonds is 6. The van der Waals surface area contributed by atoms with E-state index in [-0.39, 0.29) is 17.9 Å². The molecule has 0 saturated carbocycles. The van der Waals surface area contributed by atoms with Crippen LogP contribution in [0, 0.1) is 12.8 Å². The molecule has 152 valence electrons. The van der Waals surface area contributed by atoms with Gasteiger partial charge < -0.3 is 10.6 Å². The van der Waals surface area contributed by atoms with Crippen LogP contribution in [0.25, 0.3) is 11.0 Å². The summed E-state index contributed by atoms with van der Waals surface area (Å²) in [7, 11) is 0. The number of nitrogens with zero attached hydrogens (tertiary/aromatic N) is 3. The Hall–Kier alpha value is -3.22. The number of pyridine rings is 1. The highest BCUT2D eigenvalue weighted by Gasteiger charge is 2.19. The van der Waals surface area contributed by atoms with E-state index in [0.29, 0.717) is 40.3 Å². The lowest BCUT2D eigenvalue weighted by atomic mass is 10.1. The summed E-state index contributed by atoms with van der Waals surface area (Å²) in [5, 5.41) is 10.8. The van der Waals surface area contributed by atoms with Crippen LogP contribution >= 0.6 is 0 Å². The average molecular weight is 393 g/mol. The number of carbonyl (C=O) groups excluding carboxylic acids is 2. The molecule has 0 saturated heterocycles. The van der Waals surface area contributed by atoms with E-state index >= 15 is 0 Å². The first kappa shape index (κ1) is 20.5. The van der Waals surface area contributed by atoms with Gasteiger partial charge in [0.15, 0.2) is 5.65 Å². The predicted molar refractivity (Wildman–Crippen MR) is 114 cm³/mol. The fourth-order valence-electron chi connectivity index (χ4n) is 3.08. The summed E-state index contributed by atoms with van der Waals surface area (Å²) in [6, 6.07) is 8.87. The number of benzene rings is 1. The van der Waals surface area contributed by atoms with E-state index in [1.807, 2.05) is 34.6 Å². The molecule has 29 heavy (non-hydrogen) atoms. The number of para-hydroxylation sites is 1. The van der Waals surface area contributed by atoms with E-state index in [2.05, 4.69) is 20.7 Å². The van der Waals surface area contributed by atoms with Gasteiger partial charge in [-0.15, -0.1) is 0 Å². The van der Waals surface area contributed by atoms with Gasteiger partial charge in [-0.2, -0.15) is 5.10 Å². The molecular weight excluding hydrogens is 366 g/mol. The molecule has 0 aliphatic rings. The number of aromatic nitrogens is 3. The molecule has 2 heterocycles. The number of aryl methyl sites for hydroxylation is 1. The topological polar surface area (TPSA) is 88.9 Å². The minimum atomic E-state index is -0.298. The van der Waals surface area contributed by atoms with Crippen LogP contribution < -0.4 is 10.6 Å². The van der Waals surface area contributed by atoms with E-state index in [4.69, 9.17) is 0 Å². The second-order valence-corrected chi connectivity index (χ2v) is 7.83. The number of hydrogen-bond donors (Lipinski definition) is 2. The van der Waals surface area contributed by atoms with Crippen LogP contribution in [0.2, 0.25) is 0 Å². The van der Waals surface area contributed by atoms with Gasteiger partial charge in [-0.05, 0) is 44.9 Å². The van der Waals surface area contributed by atoms with Crippen molar-refractivity contribution >= 4 is 28.5 Å². The third kappa shape index (κ3) is 4.45. The average Bonchev–Trinajstić information content (AvgIpc) is 3.09. The molecule has 2 amide bonds. The fourth-order valence-corrected chi connectivity index (χ4v) is 3.08. The molecule has 3 rings (SSSR count). The lowest BCUT2D eigenvalue weighted by Crippen LogP contribution is -2.28. The van der Waals surface area contributed by atoms with Gasteiger partial charge in [0, 0.05) is 18.3 Å². The van der Waals surface area contributed by atoms with Crippen molar-refractivity contribution in [1.82, 2.24) is 20.1 Å². The van der Waals surface area contributed by atoms with E-state index in [9.17, 15) is 9.59 Å². The lowest BCUT2D eigenvalue weighted by Gasteiger charge is -2.13. The molecule has 0 fully saturated rings. The van der Waals surface area contributed by atoms with Crippen molar-refractivity contribution in [2.24, 2.45) is 5.92 Å². The molecule has 0 aliphatic carbocycles. The van der Waals surface area contributed by atoms with Gasteiger partial charge in [0.25, 0.3) is 11.8 Å². The zero-order chi connectivity index (χ0) is 21.1. The molecule has 7 nitrogen and oxygen atoms in total. The summed E-state index contributed by atoms with van der Waals surface area (Å²) in [6.45, 7) is 10.5. The molecule has 0 aliphatic heterocycles. The minimum absolute atomic E-state index is 0.128. The predicted octanol–water partition coefficient (Wildman–Crippen LogP) is 3.96. The van der Waals surface area contributed by atoms with Crippen molar-refractivity contribution in [3.63, 3.8) is 0 Å². The van der Waals surface area contributed by atoms with Gasteiger partial charge >= 0.3 is 0 Å². The molecular formula is C22H27N5O2. The lowest BCUT2D eigenvalue weighted by molar-refractivity contribution is 0.0950. The Morgan fingerprint density at radius 2 is 1.79 bits per heavy atom. The molecule has 0 spiro atoms. The normalized spacial score (nSPS) is 11.3. The second kappa shape index (κ2) is 8.43. The monoisotopic (exact) mass is 393 g/mol. The first-order chi connectivity index (χ1) is 13.8. The van der Waals surface area contributed by atoms with Crippen molar-refractivity contribution in [3.8, 4) is 0 Å². The van der Waals surface area contributed by atoms with E-state index in [0.717, 1.165) is 5.69 Å². The van der Waals surface area contributed by atoms with Crippen LogP contribution in [0.15, 0.2) is 36.5 Å². The maximum atomic E-state index is 13.1. The van der Waals surface area contributed by atoms with Crippen molar-refractivity contribution in [2.45, 2.75) is 40.7 Å². The van der Waals surface area contributed by atoms with Crippen LogP contribution in [0.3, 0.4) is 0 Å². The van der Waals surface area contributed by atoms with Crippen molar-refractivity contribution in [2.75, 3.05) is 11.9 Å². The molecule has 0 unspecified atom stereocenters. The van der Waals surface area contributed by atoms with Crippen LogP contribution in [0.1, 0.15) is 60.1 Å². The largest absolute Gasteiger partial charge is 0.352 e. The van der Waals surface area contributed by atoms with Crippen LogP contribution in [-0.4, -0.2) is 33.1 Å². The molecule has 2 aromatic heterocycles. The zero-order valence-corrected chi connectivity index (χ0v) is 17.5. The molecule has 2 N–H and O–H groups in total. The van der Waals surface area contributed by atoms with Crippen molar-refractivity contribution < 1.29 is 9.59 Å². The standard InChI is InChI=1S/C22H27N5O2/c1-13(2)11-23-21(28)16-8-6-7-9-19(16)26-22(29)17-10-15(5)25-20-18(17)12-24-27(20)14(3)4/h6-10,12-14H,11H2,1-5H3,(H,23,28)(H,26,29). The quantitative estimate of drug-likeness (QED) is 0.663. The van der Waals surface area contributed by atoms with Gasteiger partial charge in [-0.3, -0.25) is 9.59 Å². The molecule has 7 heteroatoms. The van der Waals surface area contributed by atoms with Gasteiger partial charge in [-0.1, -0.05) is 26.0 Å². The maximum absolute atomic E-state index is 13.1. The number of fused-ring (bicyclic) bond motifs is 1. The fraction of sp³-hybridized carbons (Fsp3) is 0.364. The van der Waals surface area contributed by atoms with E-state index in [1.165, 1.54) is 0 Å². The Morgan fingerprint density at radius 1 is 1.07 bits per heavy atom. The Bertz CT molecular complexity index is 1050. The Kier molecular flexibility index (Phi) is 5.96. The summed E-state index contributed by atoms with van der Waals surface area (Å²) < 4.78 is 1.80. The summed E-state index contributed by atoms with van der Waals surface area (Å²) in [5.41, 5.74) is 2.79. The first-order valence-corrected chi connectivity index (χ1v) is 9.81. The summed E-state index contributed by atoms with van der Waals surface area (Å²) in [6.07, 6.45) is 1.66. The smallest absolute Gasteiger partial charge is 0.256 e. The zero-order valence-electron chi connectivity index (χ0n) is 17.5. The van der Waals surface area contributed by atoms with Gasteiger partial charge in [-0.25, -0.2) is 9.67 Å². The molecule has 0 atom stereocenters. The van der Waals surface area contributed by atoms with Crippen LogP contribution in [-0.2, 0) is 0 Å². The molecule has 0 radical (unpaired) electrons. The number of carbonyl (C=O) groups is 2. The number of nitrogens with one attached hydrogen (secondary N) is 2. The maximum Gasteiger partial charge on any atom is 0.256 e. The number of anilines is 1. The molecule has 1 aromatic carbocycles.